The number of alkyl halides is 1. The number of imidazole rings is 1. The third kappa shape index (κ3) is 3.11. The quantitative estimate of drug-likeness (QED) is 0.701. The third-order valence-electron chi connectivity index (χ3n) is 5.09. The molecule has 1 aromatic carbocycles. The van der Waals surface area contributed by atoms with E-state index in [0.717, 1.165) is 29.7 Å². The van der Waals surface area contributed by atoms with Crippen LogP contribution in [-0.4, -0.2) is 9.55 Å². The van der Waals surface area contributed by atoms with Crippen LogP contribution in [0.5, 0.6) is 0 Å². The fourth-order valence-corrected chi connectivity index (χ4v) is 3.87. The van der Waals surface area contributed by atoms with Crippen molar-refractivity contribution in [2.24, 2.45) is 11.8 Å². The maximum atomic E-state index is 6.12. The van der Waals surface area contributed by atoms with Crippen molar-refractivity contribution in [3.8, 4) is 0 Å². The predicted molar refractivity (Wildman–Crippen MR) is 89.8 cm³/mol. The highest BCUT2D eigenvalue weighted by Gasteiger charge is 2.22. The zero-order valence-electron chi connectivity index (χ0n) is 13.1. The number of fused-ring (bicyclic) bond motifs is 1. The SMILES string of the molecule is CCC1CCC(Cn2c(CCl)nc3ccc(C)cc32)CC1. The predicted octanol–water partition coefficient (Wildman–Crippen LogP) is 5.30. The Morgan fingerprint density at radius 1 is 1.19 bits per heavy atom. The summed E-state index contributed by atoms with van der Waals surface area (Å²) in [6, 6.07) is 6.49. The smallest absolute Gasteiger partial charge is 0.124 e. The molecule has 1 aromatic heterocycles. The van der Waals surface area contributed by atoms with Crippen molar-refractivity contribution in [1.82, 2.24) is 9.55 Å². The first-order valence-electron chi connectivity index (χ1n) is 8.23. The van der Waals surface area contributed by atoms with Gasteiger partial charge in [-0.15, -0.1) is 11.6 Å². The monoisotopic (exact) mass is 304 g/mol. The van der Waals surface area contributed by atoms with Gasteiger partial charge < -0.3 is 4.57 Å². The summed E-state index contributed by atoms with van der Waals surface area (Å²) in [6.45, 7) is 5.55. The normalized spacial score (nSPS) is 22.8. The fourth-order valence-electron chi connectivity index (χ4n) is 3.67. The van der Waals surface area contributed by atoms with Gasteiger partial charge in [0, 0.05) is 6.54 Å². The summed E-state index contributed by atoms with van der Waals surface area (Å²) in [5.41, 5.74) is 3.63. The van der Waals surface area contributed by atoms with Gasteiger partial charge in [0.2, 0.25) is 0 Å². The molecule has 21 heavy (non-hydrogen) atoms. The average Bonchev–Trinajstić information content (AvgIpc) is 2.85. The molecule has 1 aliphatic carbocycles. The largest absolute Gasteiger partial charge is 0.327 e. The summed E-state index contributed by atoms with van der Waals surface area (Å²) in [5, 5.41) is 0. The topological polar surface area (TPSA) is 17.8 Å². The van der Waals surface area contributed by atoms with Crippen molar-refractivity contribution in [3.05, 3.63) is 29.6 Å². The molecule has 0 aliphatic heterocycles. The summed E-state index contributed by atoms with van der Waals surface area (Å²) < 4.78 is 2.37. The van der Waals surface area contributed by atoms with E-state index in [1.54, 1.807) is 0 Å². The van der Waals surface area contributed by atoms with Gasteiger partial charge in [-0.3, -0.25) is 0 Å². The van der Waals surface area contributed by atoms with E-state index in [1.165, 1.54) is 43.2 Å². The molecule has 0 N–H and O–H groups in total. The first-order valence-corrected chi connectivity index (χ1v) is 8.76. The van der Waals surface area contributed by atoms with Gasteiger partial charge in [0.15, 0.2) is 0 Å². The minimum atomic E-state index is 0.498. The van der Waals surface area contributed by atoms with Gasteiger partial charge in [-0.1, -0.05) is 32.3 Å². The van der Waals surface area contributed by atoms with Crippen LogP contribution >= 0.6 is 11.6 Å². The second-order valence-corrected chi connectivity index (χ2v) is 6.83. The van der Waals surface area contributed by atoms with Crippen LogP contribution in [0.2, 0.25) is 0 Å². The lowest BCUT2D eigenvalue weighted by Gasteiger charge is -2.28. The molecule has 1 saturated carbocycles. The Hall–Kier alpha value is -1.02. The van der Waals surface area contributed by atoms with Crippen LogP contribution in [0.25, 0.3) is 11.0 Å². The average molecular weight is 305 g/mol. The molecule has 0 atom stereocenters. The molecular formula is C18H25ClN2. The molecule has 0 amide bonds. The molecule has 1 aliphatic rings. The lowest BCUT2D eigenvalue weighted by Crippen LogP contribution is -2.19. The van der Waals surface area contributed by atoms with Gasteiger partial charge in [-0.2, -0.15) is 0 Å². The number of aryl methyl sites for hydroxylation is 1. The highest BCUT2D eigenvalue weighted by molar-refractivity contribution is 6.16. The van der Waals surface area contributed by atoms with Crippen molar-refractivity contribution in [2.75, 3.05) is 0 Å². The second kappa shape index (κ2) is 6.39. The Morgan fingerprint density at radius 2 is 1.90 bits per heavy atom. The molecule has 1 heterocycles. The van der Waals surface area contributed by atoms with Crippen LogP contribution in [0.15, 0.2) is 18.2 Å². The number of nitrogens with zero attached hydrogens (tertiary/aromatic N) is 2. The van der Waals surface area contributed by atoms with Crippen molar-refractivity contribution >= 4 is 22.6 Å². The standard InChI is InChI=1S/C18H25ClN2/c1-3-14-5-7-15(8-6-14)12-21-17-10-13(2)4-9-16(17)20-18(21)11-19/h4,9-10,14-15H,3,5-8,11-12H2,1-2H3. The molecule has 0 saturated heterocycles. The van der Waals surface area contributed by atoms with Crippen LogP contribution < -0.4 is 0 Å². The van der Waals surface area contributed by atoms with E-state index in [2.05, 4.69) is 36.6 Å². The number of aromatic nitrogens is 2. The molecule has 0 radical (unpaired) electrons. The Balaban J connectivity index is 1.84. The van der Waals surface area contributed by atoms with E-state index in [-0.39, 0.29) is 0 Å². The van der Waals surface area contributed by atoms with E-state index < -0.39 is 0 Å². The molecule has 1 fully saturated rings. The highest BCUT2D eigenvalue weighted by Crippen LogP contribution is 2.32. The first-order chi connectivity index (χ1) is 10.2. The summed E-state index contributed by atoms with van der Waals surface area (Å²) in [5.74, 6) is 3.26. The van der Waals surface area contributed by atoms with E-state index in [0.29, 0.717) is 5.88 Å². The van der Waals surface area contributed by atoms with Gasteiger partial charge in [0.05, 0.1) is 16.9 Å². The van der Waals surface area contributed by atoms with Crippen molar-refractivity contribution in [2.45, 2.75) is 58.4 Å². The van der Waals surface area contributed by atoms with Crippen molar-refractivity contribution in [3.63, 3.8) is 0 Å². The molecule has 0 unspecified atom stereocenters. The maximum absolute atomic E-state index is 6.12. The number of benzene rings is 1. The number of hydrogen-bond donors (Lipinski definition) is 0. The van der Waals surface area contributed by atoms with Gasteiger partial charge in [0.25, 0.3) is 0 Å². The Labute approximate surface area is 132 Å². The van der Waals surface area contributed by atoms with Gasteiger partial charge in [-0.05, 0) is 49.3 Å². The minimum Gasteiger partial charge on any atom is -0.327 e. The zero-order chi connectivity index (χ0) is 14.8. The highest BCUT2D eigenvalue weighted by atomic mass is 35.5. The van der Waals surface area contributed by atoms with Crippen LogP contribution in [-0.2, 0) is 12.4 Å². The van der Waals surface area contributed by atoms with Crippen LogP contribution in [0, 0.1) is 18.8 Å². The first kappa shape index (κ1) is 14.9. The molecule has 0 bridgehead atoms. The van der Waals surface area contributed by atoms with E-state index in [4.69, 9.17) is 16.6 Å². The molecule has 3 heteroatoms. The molecule has 3 rings (SSSR count). The summed E-state index contributed by atoms with van der Waals surface area (Å²) in [4.78, 5) is 4.70. The lowest BCUT2D eigenvalue weighted by molar-refractivity contribution is 0.248. The van der Waals surface area contributed by atoms with E-state index in [1.807, 2.05) is 0 Å². The summed E-state index contributed by atoms with van der Waals surface area (Å²) in [6.07, 6.45) is 6.83. The lowest BCUT2D eigenvalue weighted by atomic mass is 9.81. The number of rotatable bonds is 4. The summed E-state index contributed by atoms with van der Waals surface area (Å²) in [7, 11) is 0. The van der Waals surface area contributed by atoms with E-state index in [9.17, 15) is 0 Å². The number of halogens is 1. The van der Waals surface area contributed by atoms with Gasteiger partial charge in [-0.25, -0.2) is 4.98 Å². The zero-order valence-corrected chi connectivity index (χ0v) is 13.9. The summed E-state index contributed by atoms with van der Waals surface area (Å²) >= 11 is 6.12. The van der Waals surface area contributed by atoms with E-state index >= 15 is 0 Å². The van der Waals surface area contributed by atoms with Crippen LogP contribution in [0.4, 0.5) is 0 Å². The molecule has 114 valence electrons. The van der Waals surface area contributed by atoms with Crippen molar-refractivity contribution < 1.29 is 0 Å². The Kier molecular flexibility index (Phi) is 4.54. The maximum Gasteiger partial charge on any atom is 0.124 e. The van der Waals surface area contributed by atoms with Gasteiger partial charge >= 0.3 is 0 Å². The van der Waals surface area contributed by atoms with Crippen LogP contribution in [0.1, 0.15) is 50.4 Å². The number of hydrogen-bond acceptors (Lipinski definition) is 1. The molecule has 0 spiro atoms. The molecular weight excluding hydrogens is 280 g/mol. The Bertz CT molecular complexity index is 609. The van der Waals surface area contributed by atoms with Gasteiger partial charge in [0.1, 0.15) is 5.82 Å². The fraction of sp³-hybridized carbons (Fsp3) is 0.611. The minimum absolute atomic E-state index is 0.498. The molecule has 2 aromatic rings. The molecule has 2 nitrogen and oxygen atoms in total. The third-order valence-corrected chi connectivity index (χ3v) is 5.33. The van der Waals surface area contributed by atoms with Crippen LogP contribution in [0.3, 0.4) is 0 Å². The second-order valence-electron chi connectivity index (χ2n) is 6.56. The van der Waals surface area contributed by atoms with Crippen molar-refractivity contribution in [1.29, 1.82) is 0 Å². The Morgan fingerprint density at radius 3 is 2.57 bits per heavy atom.